The number of nitrogens with one attached hydrogen (secondary N) is 2. The fraction of sp³-hybridized carbons (Fsp3) is 0.308. The van der Waals surface area contributed by atoms with Crippen molar-refractivity contribution >= 4 is 10.0 Å². The van der Waals surface area contributed by atoms with Crippen molar-refractivity contribution in [1.29, 1.82) is 0 Å². The zero-order valence-electron chi connectivity index (χ0n) is 11.1. The first-order chi connectivity index (χ1) is 9.54. The van der Waals surface area contributed by atoms with Gasteiger partial charge >= 0.3 is 0 Å². The molecule has 0 bridgehead atoms. The van der Waals surface area contributed by atoms with Gasteiger partial charge in [-0.25, -0.2) is 13.1 Å². The minimum Gasteiger partial charge on any atom is -0.309 e. The second-order valence-corrected chi connectivity index (χ2v) is 6.65. The number of hydrogen-bond donors (Lipinski definition) is 2. The highest BCUT2D eigenvalue weighted by atomic mass is 32.2. The van der Waals surface area contributed by atoms with Crippen molar-refractivity contribution < 1.29 is 8.42 Å². The molecule has 0 atom stereocenters. The van der Waals surface area contributed by atoms with Crippen LogP contribution in [0, 0.1) is 0 Å². The molecule has 20 heavy (non-hydrogen) atoms. The predicted octanol–water partition coefficient (Wildman–Crippen LogP) is 0.502. The first-order valence-electron chi connectivity index (χ1n) is 6.34. The van der Waals surface area contributed by atoms with Crippen molar-refractivity contribution in [2.24, 2.45) is 7.05 Å². The van der Waals surface area contributed by atoms with Crippen molar-refractivity contribution in [3.63, 3.8) is 0 Å². The van der Waals surface area contributed by atoms with Crippen LogP contribution in [0.1, 0.15) is 16.7 Å². The largest absolute Gasteiger partial charge is 0.309 e. The van der Waals surface area contributed by atoms with E-state index in [9.17, 15) is 8.42 Å². The molecular weight excluding hydrogens is 276 g/mol. The molecule has 0 saturated heterocycles. The van der Waals surface area contributed by atoms with Crippen LogP contribution in [-0.4, -0.2) is 18.2 Å². The molecule has 0 spiro atoms. The normalized spacial score (nSPS) is 14.4. The Hall–Kier alpha value is -1.70. The Morgan fingerprint density at radius 3 is 2.90 bits per heavy atom. The Labute approximate surface area is 117 Å². The van der Waals surface area contributed by atoms with Crippen molar-refractivity contribution in [2.45, 2.75) is 24.5 Å². The summed E-state index contributed by atoms with van der Waals surface area (Å²) in [6.45, 7) is 2.01. The molecule has 106 valence electrons. The molecular formula is C13H16N4O2S. The van der Waals surface area contributed by atoms with Crippen LogP contribution in [0.2, 0.25) is 0 Å². The number of rotatable bonds is 4. The van der Waals surface area contributed by atoms with Gasteiger partial charge in [0.05, 0.1) is 6.20 Å². The number of nitrogens with zero attached hydrogens (tertiary/aromatic N) is 2. The van der Waals surface area contributed by atoms with Gasteiger partial charge in [0.1, 0.15) is 4.90 Å². The summed E-state index contributed by atoms with van der Waals surface area (Å²) >= 11 is 0. The summed E-state index contributed by atoms with van der Waals surface area (Å²) in [5, 5.41) is 7.14. The average molecular weight is 292 g/mol. The zero-order valence-corrected chi connectivity index (χ0v) is 11.9. The molecule has 1 aliphatic rings. The third-order valence-corrected chi connectivity index (χ3v) is 4.72. The standard InChI is InChI=1S/C13H16N4O2S/c1-17-9-13(8-15-17)20(18,19)16-5-10-2-3-11-6-14-7-12(11)4-10/h2-4,8-9,14,16H,5-7H2,1H3. The SMILES string of the molecule is Cn1cc(S(=O)(=O)NCc2ccc3c(c2)CNC3)cn1. The van der Waals surface area contributed by atoms with Gasteiger partial charge in [0, 0.05) is 32.9 Å². The zero-order chi connectivity index (χ0) is 14.2. The molecule has 1 aliphatic heterocycles. The van der Waals surface area contributed by atoms with Gasteiger partial charge in [-0.15, -0.1) is 0 Å². The summed E-state index contributed by atoms with van der Waals surface area (Å²) in [4.78, 5) is 0.183. The van der Waals surface area contributed by atoms with E-state index in [2.05, 4.69) is 15.1 Å². The second kappa shape index (κ2) is 5.01. The fourth-order valence-corrected chi connectivity index (χ4v) is 3.26. The number of aromatic nitrogens is 2. The van der Waals surface area contributed by atoms with E-state index in [1.807, 2.05) is 18.2 Å². The number of fused-ring (bicyclic) bond motifs is 1. The molecule has 2 aromatic rings. The van der Waals surface area contributed by atoms with E-state index in [0.29, 0.717) is 0 Å². The molecule has 3 rings (SSSR count). The molecule has 0 amide bonds. The Kier molecular flexibility index (Phi) is 3.33. The lowest BCUT2D eigenvalue weighted by Crippen LogP contribution is -2.23. The third kappa shape index (κ3) is 2.60. The smallest absolute Gasteiger partial charge is 0.243 e. The van der Waals surface area contributed by atoms with Crippen LogP contribution < -0.4 is 10.0 Å². The highest BCUT2D eigenvalue weighted by molar-refractivity contribution is 7.89. The highest BCUT2D eigenvalue weighted by Crippen LogP contribution is 2.17. The maximum absolute atomic E-state index is 12.1. The lowest BCUT2D eigenvalue weighted by molar-refractivity contribution is 0.581. The van der Waals surface area contributed by atoms with Gasteiger partial charge in [0.2, 0.25) is 10.0 Å². The second-order valence-electron chi connectivity index (χ2n) is 4.88. The quantitative estimate of drug-likeness (QED) is 0.860. The summed E-state index contributed by atoms with van der Waals surface area (Å²) in [5.41, 5.74) is 3.48. The van der Waals surface area contributed by atoms with E-state index in [4.69, 9.17) is 0 Å². The van der Waals surface area contributed by atoms with Gasteiger partial charge < -0.3 is 5.32 Å². The third-order valence-electron chi connectivity index (χ3n) is 3.36. The fourth-order valence-electron chi connectivity index (χ4n) is 2.26. The maximum Gasteiger partial charge on any atom is 0.243 e. The minimum absolute atomic E-state index is 0.183. The lowest BCUT2D eigenvalue weighted by atomic mass is 10.1. The number of benzene rings is 1. The molecule has 1 aromatic carbocycles. The first-order valence-corrected chi connectivity index (χ1v) is 7.83. The van der Waals surface area contributed by atoms with E-state index in [1.165, 1.54) is 28.2 Å². The first kappa shape index (κ1) is 13.3. The molecule has 2 N–H and O–H groups in total. The molecule has 0 aliphatic carbocycles. The average Bonchev–Trinajstić information content (AvgIpc) is 3.04. The van der Waals surface area contributed by atoms with Crippen LogP contribution in [0.3, 0.4) is 0 Å². The Balaban J connectivity index is 1.73. The summed E-state index contributed by atoms with van der Waals surface area (Å²) in [7, 11) is -1.81. The van der Waals surface area contributed by atoms with Gasteiger partial charge in [-0.05, 0) is 16.7 Å². The van der Waals surface area contributed by atoms with E-state index in [0.717, 1.165) is 18.7 Å². The van der Waals surface area contributed by atoms with Gasteiger partial charge in [0.25, 0.3) is 0 Å². The molecule has 0 radical (unpaired) electrons. The maximum atomic E-state index is 12.1. The van der Waals surface area contributed by atoms with Gasteiger partial charge in [0.15, 0.2) is 0 Å². The number of sulfonamides is 1. The summed E-state index contributed by atoms with van der Waals surface area (Å²) in [5.74, 6) is 0. The predicted molar refractivity (Wildman–Crippen MR) is 74.2 cm³/mol. The van der Waals surface area contributed by atoms with E-state index >= 15 is 0 Å². The summed E-state index contributed by atoms with van der Waals surface area (Å²) in [6.07, 6.45) is 2.82. The molecule has 7 heteroatoms. The molecule has 1 aromatic heterocycles. The Bertz CT molecular complexity index is 737. The van der Waals surface area contributed by atoms with Crippen LogP contribution in [0.15, 0.2) is 35.5 Å². The number of aryl methyl sites for hydroxylation is 1. The topological polar surface area (TPSA) is 76.0 Å². The molecule has 0 unspecified atom stereocenters. The molecule has 2 heterocycles. The molecule has 0 saturated carbocycles. The van der Waals surface area contributed by atoms with E-state index in [-0.39, 0.29) is 11.4 Å². The van der Waals surface area contributed by atoms with Crippen LogP contribution >= 0.6 is 0 Å². The molecule has 0 fully saturated rings. The Morgan fingerprint density at radius 1 is 1.35 bits per heavy atom. The van der Waals surface area contributed by atoms with Crippen LogP contribution in [0.25, 0.3) is 0 Å². The number of hydrogen-bond acceptors (Lipinski definition) is 4. The lowest BCUT2D eigenvalue weighted by Gasteiger charge is -2.06. The summed E-state index contributed by atoms with van der Waals surface area (Å²) < 4.78 is 28.2. The van der Waals surface area contributed by atoms with Gasteiger partial charge in [-0.2, -0.15) is 5.10 Å². The minimum atomic E-state index is -3.50. The van der Waals surface area contributed by atoms with Crippen molar-refractivity contribution in [3.8, 4) is 0 Å². The van der Waals surface area contributed by atoms with Crippen LogP contribution in [-0.2, 0) is 36.7 Å². The van der Waals surface area contributed by atoms with E-state index in [1.54, 1.807) is 7.05 Å². The van der Waals surface area contributed by atoms with Crippen molar-refractivity contribution in [1.82, 2.24) is 19.8 Å². The van der Waals surface area contributed by atoms with Crippen LogP contribution in [0.5, 0.6) is 0 Å². The Morgan fingerprint density at radius 2 is 2.15 bits per heavy atom. The van der Waals surface area contributed by atoms with Crippen molar-refractivity contribution in [2.75, 3.05) is 0 Å². The van der Waals surface area contributed by atoms with Crippen molar-refractivity contribution in [3.05, 3.63) is 47.3 Å². The monoisotopic (exact) mass is 292 g/mol. The summed E-state index contributed by atoms with van der Waals surface area (Å²) in [6, 6.07) is 6.04. The van der Waals surface area contributed by atoms with Crippen LogP contribution in [0.4, 0.5) is 0 Å². The van der Waals surface area contributed by atoms with Gasteiger partial charge in [-0.3, -0.25) is 4.68 Å². The highest BCUT2D eigenvalue weighted by Gasteiger charge is 2.16. The van der Waals surface area contributed by atoms with E-state index < -0.39 is 10.0 Å². The molecule has 6 nitrogen and oxygen atoms in total. The van der Waals surface area contributed by atoms with Gasteiger partial charge in [-0.1, -0.05) is 18.2 Å².